The zero-order valence-electron chi connectivity index (χ0n) is 22.6. The summed E-state index contributed by atoms with van der Waals surface area (Å²) in [4.78, 5) is 0. The molecule has 0 bridgehead atoms. The molecular weight excluding hydrogens is 535 g/mol. The van der Waals surface area contributed by atoms with Crippen LogP contribution in [0.2, 0.25) is 0 Å². The molecule has 0 fully saturated rings. The Morgan fingerprint density at radius 1 is 0.405 bits per heavy atom. The first-order chi connectivity index (χ1) is 20.7. The van der Waals surface area contributed by atoms with Gasteiger partial charge in [0.25, 0.3) is 0 Å². The second-order valence-corrected chi connectivity index (χ2v) is 13.1. The number of ether oxygens (including phenoxy) is 2. The fraction of sp³-hybridized carbons (Fsp3) is 0. The molecule has 0 spiro atoms. The highest BCUT2D eigenvalue weighted by Crippen LogP contribution is 2.52. The second-order valence-electron chi connectivity index (χ2n) is 10.4. The molecule has 8 rings (SSSR count). The average molecular weight is 561 g/mol. The maximum absolute atomic E-state index is 15.4. The summed E-state index contributed by atoms with van der Waals surface area (Å²) in [6, 6.07) is 50.2. The molecule has 0 unspecified atom stereocenters. The van der Waals surface area contributed by atoms with Gasteiger partial charge in [0.1, 0.15) is 0 Å². The largest absolute Gasteiger partial charge is 0.449 e. The van der Waals surface area contributed by atoms with Gasteiger partial charge in [-0.2, -0.15) is 0 Å². The molecule has 42 heavy (non-hydrogen) atoms. The van der Waals surface area contributed by atoms with Crippen molar-refractivity contribution in [2.75, 3.05) is 0 Å². The minimum atomic E-state index is -3.18. The van der Waals surface area contributed by atoms with Gasteiger partial charge in [-0.3, -0.25) is 0 Å². The van der Waals surface area contributed by atoms with E-state index in [2.05, 4.69) is 42.5 Å². The molecule has 200 valence electrons. The summed E-state index contributed by atoms with van der Waals surface area (Å²) in [5.74, 6) is 2.79. The lowest BCUT2D eigenvalue weighted by Crippen LogP contribution is -2.25. The summed E-state index contributed by atoms with van der Waals surface area (Å²) >= 11 is 0. The molecule has 4 heteroatoms. The average Bonchev–Trinajstić information content (AvgIpc) is 3.07. The van der Waals surface area contributed by atoms with Crippen LogP contribution in [0.3, 0.4) is 0 Å². The standard InChI is InChI=1S/C38H25O3P/c39-42(26-13-3-1-4-14-26,27-15-5-2-6-16-27)37-24-12-20-28-29(19-11-21-31(28)37)33-25-36-38(32-18-8-7-17-30(32)33)41-35-23-10-9-22-34(35)40-36/h1-25H. The molecule has 7 aromatic carbocycles. The summed E-state index contributed by atoms with van der Waals surface area (Å²) in [5, 5.41) is 6.50. The Kier molecular flexibility index (Phi) is 5.73. The van der Waals surface area contributed by atoms with E-state index in [0.29, 0.717) is 23.0 Å². The maximum Gasteiger partial charge on any atom is 0.177 e. The van der Waals surface area contributed by atoms with Gasteiger partial charge in [-0.15, -0.1) is 0 Å². The van der Waals surface area contributed by atoms with E-state index in [-0.39, 0.29) is 0 Å². The molecule has 0 aliphatic carbocycles. The van der Waals surface area contributed by atoms with Crippen LogP contribution in [-0.4, -0.2) is 0 Å². The van der Waals surface area contributed by atoms with E-state index in [1.54, 1.807) is 0 Å². The van der Waals surface area contributed by atoms with E-state index >= 15 is 4.57 Å². The van der Waals surface area contributed by atoms with Gasteiger partial charge in [-0.1, -0.05) is 133 Å². The normalized spacial score (nSPS) is 12.3. The van der Waals surface area contributed by atoms with Gasteiger partial charge in [0.2, 0.25) is 0 Å². The highest BCUT2D eigenvalue weighted by atomic mass is 31.2. The lowest BCUT2D eigenvalue weighted by molar-refractivity contribution is 0.363. The molecule has 3 nitrogen and oxygen atoms in total. The quantitative estimate of drug-likeness (QED) is 0.201. The van der Waals surface area contributed by atoms with Gasteiger partial charge in [0, 0.05) is 21.3 Å². The van der Waals surface area contributed by atoms with Crippen LogP contribution in [0, 0.1) is 0 Å². The van der Waals surface area contributed by atoms with Gasteiger partial charge in [-0.25, -0.2) is 0 Å². The van der Waals surface area contributed by atoms with Crippen LogP contribution in [0.4, 0.5) is 0 Å². The molecule has 0 saturated heterocycles. The van der Waals surface area contributed by atoms with Crippen molar-refractivity contribution in [1.82, 2.24) is 0 Å². The molecule has 0 amide bonds. The third-order valence-electron chi connectivity index (χ3n) is 8.01. The molecule has 0 N–H and O–H groups in total. The van der Waals surface area contributed by atoms with Crippen molar-refractivity contribution in [3.8, 4) is 34.1 Å². The summed E-state index contributed by atoms with van der Waals surface area (Å²) < 4.78 is 28.1. The number of rotatable bonds is 4. The van der Waals surface area contributed by atoms with Gasteiger partial charge in [-0.05, 0) is 45.5 Å². The van der Waals surface area contributed by atoms with Crippen LogP contribution in [-0.2, 0) is 4.57 Å². The Morgan fingerprint density at radius 2 is 0.929 bits per heavy atom. The monoisotopic (exact) mass is 560 g/mol. The van der Waals surface area contributed by atoms with Crippen LogP contribution >= 0.6 is 7.14 Å². The molecule has 0 radical (unpaired) electrons. The Bertz CT molecular complexity index is 2130. The number of hydrogen-bond donors (Lipinski definition) is 0. The minimum absolute atomic E-state index is 0.676. The second kappa shape index (κ2) is 9.76. The smallest absolute Gasteiger partial charge is 0.177 e. The van der Waals surface area contributed by atoms with Gasteiger partial charge in [0.05, 0.1) is 0 Å². The Balaban J connectivity index is 1.39. The molecule has 0 saturated carbocycles. The maximum atomic E-state index is 15.4. The fourth-order valence-electron chi connectivity index (χ4n) is 6.08. The number of para-hydroxylation sites is 2. The molecule has 0 aromatic heterocycles. The highest BCUT2D eigenvalue weighted by Gasteiger charge is 2.31. The summed E-state index contributed by atoms with van der Waals surface area (Å²) in [7, 11) is -3.18. The summed E-state index contributed by atoms with van der Waals surface area (Å²) in [6.07, 6.45) is 0. The minimum Gasteiger partial charge on any atom is -0.449 e. The van der Waals surface area contributed by atoms with E-state index in [1.165, 1.54) is 0 Å². The lowest BCUT2D eigenvalue weighted by atomic mass is 9.93. The Hall–Kier alpha value is -5.11. The Labute approximate surface area is 244 Å². The SMILES string of the molecule is O=P(c1ccccc1)(c1ccccc1)c1cccc2c(-c3cc4c(c5ccccc35)Oc3ccccc3O4)cccc12. The zero-order chi connectivity index (χ0) is 28.1. The van der Waals surface area contributed by atoms with E-state index in [1.807, 2.05) is 109 Å². The Morgan fingerprint density at radius 3 is 1.64 bits per heavy atom. The first-order valence-electron chi connectivity index (χ1n) is 14.0. The zero-order valence-corrected chi connectivity index (χ0v) is 23.5. The van der Waals surface area contributed by atoms with Gasteiger partial charge >= 0.3 is 0 Å². The van der Waals surface area contributed by atoms with Crippen LogP contribution in [0.5, 0.6) is 23.0 Å². The van der Waals surface area contributed by atoms with Crippen molar-refractivity contribution >= 4 is 44.6 Å². The number of hydrogen-bond acceptors (Lipinski definition) is 3. The lowest BCUT2D eigenvalue weighted by Gasteiger charge is -2.24. The number of fused-ring (bicyclic) bond motifs is 5. The molecule has 1 aliphatic heterocycles. The summed E-state index contributed by atoms with van der Waals surface area (Å²) in [5.41, 5.74) is 2.08. The van der Waals surface area contributed by atoms with Crippen molar-refractivity contribution < 1.29 is 14.0 Å². The molecule has 7 aromatic rings. The molecule has 1 aliphatic rings. The van der Waals surface area contributed by atoms with E-state index in [0.717, 1.165) is 48.6 Å². The topological polar surface area (TPSA) is 35.5 Å². The predicted molar refractivity (Wildman–Crippen MR) is 173 cm³/mol. The van der Waals surface area contributed by atoms with Crippen LogP contribution in [0.25, 0.3) is 32.7 Å². The van der Waals surface area contributed by atoms with Crippen molar-refractivity contribution in [2.45, 2.75) is 0 Å². The molecular formula is C38H25O3P. The van der Waals surface area contributed by atoms with Crippen molar-refractivity contribution in [1.29, 1.82) is 0 Å². The van der Waals surface area contributed by atoms with Crippen molar-refractivity contribution in [3.05, 3.63) is 152 Å². The molecule has 1 heterocycles. The first kappa shape index (κ1) is 24.7. The first-order valence-corrected chi connectivity index (χ1v) is 15.7. The molecule has 0 atom stereocenters. The van der Waals surface area contributed by atoms with E-state index in [4.69, 9.17) is 9.47 Å². The van der Waals surface area contributed by atoms with E-state index < -0.39 is 7.14 Å². The van der Waals surface area contributed by atoms with Crippen LogP contribution in [0.1, 0.15) is 0 Å². The third-order valence-corrected chi connectivity index (χ3v) is 11.1. The van der Waals surface area contributed by atoms with Crippen molar-refractivity contribution in [2.24, 2.45) is 0 Å². The highest BCUT2D eigenvalue weighted by molar-refractivity contribution is 7.85. The van der Waals surface area contributed by atoms with E-state index in [9.17, 15) is 0 Å². The van der Waals surface area contributed by atoms with Gasteiger partial charge < -0.3 is 14.0 Å². The fourth-order valence-corrected chi connectivity index (χ4v) is 8.95. The van der Waals surface area contributed by atoms with Crippen molar-refractivity contribution in [3.63, 3.8) is 0 Å². The third kappa shape index (κ3) is 3.79. The predicted octanol–water partition coefficient (Wildman–Crippen LogP) is 9.20. The van der Waals surface area contributed by atoms with Gasteiger partial charge in [0.15, 0.2) is 30.1 Å². The summed E-state index contributed by atoms with van der Waals surface area (Å²) in [6.45, 7) is 0. The number of benzene rings is 7. The van der Waals surface area contributed by atoms with Crippen LogP contribution < -0.4 is 25.4 Å². The van der Waals surface area contributed by atoms with Crippen LogP contribution in [0.15, 0.2) is 152 Å².